The minimum atomic E-state index is -0.417. The molecule has 0 saturated carbocycles. The number of nitrogens with two attached hydrogens (primary N) is 1. The Bertz CT molecular complexity index is 316. The lowest BCUT2D eigenvalue weighted by Crippen LogP contribution is -2.36. The first-order chi connectivity index (χ1) is 7.74. The zero-order valence-corrected chi connectivity index (χ0v) is 10.3. The number of anilines is 1. The lowest BCUT2D eigenvalue weighted by atomic mass is 10.2. The second-order valence-electron chi connectivity index (χ2n) is 3.45. The summed E-state index contributed by atoms with van der Waals surface area (Å²) in [7, 11) is 0. The fourth-order valence-electron chi connectivity index (χ4n) is 1.24. The number of thioether (sulfide) groups is 1. The summed E-state index contributed by atoms with van der Waals surface area (Å²) in [6, 6.07) is 8.96. The topological polar surface area (TPSA) is 55.1 Å². The summed E-state index contributed by atoms with van der Waals surface area (Å²) in [6.07, 6.45) is 0.719. The van der Waals surface area contributed by atoms with E-state index in [1.165, 1.54) is 0 Å². The highest BCUT2D eigenvalue weighted by Gasteiger charge is 2.12. The van der Waals surface area contributed by atoms with Crippen molar-refractivity contribution in [1.29, 1.82) is 0 Å². The van der Waals surface area contributed by atoms with Gasteiger partial charge >= 0.3 is 0 Å². The summed E-state index contributed by atoms with van der Waals surface area (Å²) in [5.74, 6) is 1.88. The van der Waals surface area contributed by atoms with Crippen LogP contribution in [0.1, 0.15) is 13.3 Å². The van der Waals surface area contributed by atoms with Gasteiger partial charge in [0.15, 0.2) is 0 Å². The highest BCUT2D eigenvalue weighted by atomic mass is 32.2. The van der Waals surface area contributed by atoms with Crippen LogP contribution in [0.4, 0.5) is 5.69 Å². The molecule has 16 heavy (non-hydrogen) atoms. The molecule has 0 aromatic heterocycles. The molecule has 0 unspecified atom stereocenters. The van der Waals surface area contributed by atoms with E-state index in [1.807, 2.05) is 30.3 Å². The Morgan fingerprint density at radius 1 is 1.44 bits per heavy atom. The van der Waals surface area contributed by atoms with Gasteiger partial charge in [-0.05, 0) is 30.1 Å². The summed E-state index contributed by atoms with van der Waals surface area (Å²) >= 11 is 1.80. The third-order valence-corrected chi connectivity index (χ3v) is 3.09. The Kier molecular flexibility index (Phi) is 5.96. The molecule has 0 heterocycles. The number of rotatable bonds is 6. The number of benzene rings is 1. The zero-order chi connectivity index (χ0) is 11.8. The predicted molar refractivity (Wildman–Crippen MR) is 70.7 cm³/mol. The summed E-state index contributed by atoms with van der Waals surface area (Å²) in [5, 5.41) is 2.80. The van der Waals surface area contributed by atoms with Crippen LogP contribution in [0.25, 0.3) is 0 Å². The molecule has 1 atom stereocenters. The van der Waals surface area contributed by atoms with Gasteiger partial charge in [-0.25, -0.2) is 0 Å². The Morgan fingerprint density at radius 3 is 2.75 bits per heavy atom. The highest BCUT2D eigenvalue weighted by molar-refractivity contribution is 7.99. The molecule has 0 radical (unpaired) electrons. The van der Waals surface area contributed by atoms with Crippen LogP contribution in [-0.4, -0.2) is 23.5 Å². The van der Waals surface area contributed by atoms with Crippen LogP contribution < -0.4 is 11.1 Å². The van der Waals surface area contributed by atoms with Crippen molar-refractivity contribution in [1.82, 2.24) is 0 Å². The van der Waals surface area contributed by atoms with Gasteiger partial charge in [0, 0.05) is 5.69 Å². The van der Waals surface area contributed by atoms with Crippen LogP contribution >= 0.6 is 11.8 Å². The molecular weight excluding hydrogens is 220 g/mol. The van der Waals surface area contributed by atoms with Gasteiger partial charge in [0.2, 0.25) is 5.91 Å². The van der Waals surface area contributed by atoms with Gasteiger partial charge in [-0.1, -0.05) is 25.1 Å². The quantitative estimate of drug-likeness (QED) is 0.746. The van der Waals surface area contributed by atoms with Crippen molar-refractivity contribution in [3.05, 3.63) is 30.3 Å². The molecule has 1 aromatic carbocycles. The van der Waals surface area contributed by atoms with E-state index in [4.69, 9.17) is 5.73 Å². The maximum atomic E-state index is 11.7. The van der Waals surface area contributed by atoms with E-state index in [9.17, 15) is 4.79 Å². The van der Waals surface area contributed by atoms with Crippen molar-refractivity contribution in [2.24, 2.45) is 5.73 Å². The summed E-state index contributed by atoms with van der Waals surface area (Å²) in [5.41, 5.74) is 6.58. The Balaban J connectivity index is 2.34. The number of hydrogen-bond donors (Lipinski definition) is 2. The van der Waals surface area contributed by atoms with E-state index in [1.54, 1.807) is 11.8 Å². The molecule has 0 saturated heterocycles. The number of para-hydroxylation sites is 1. The average Bonchev–Trinajstić information content (AvgIpc) is 2.30. The molecule has 1 rings (SSSR count). The second-order valence-corrected chi connectivity index (χ2v) is 4.84. The van der Waals surface area contributed by atoms with Gasteiger partial charge in [0.25, 0.3) is 0 Å². The molecule has 0 aliphatic rings. The molecule has 3 nitrogen and oxygen atoms in total. The molecule has 0 aliphatic heterocycles. The standard InChI is InChI=1S/C12H18N2OS/c1-2-16-9-8-11(13)12(15)14-10-6-4-3-5-7-10/h3-7,11H,2,8-9,13H2,1H3,(H,14,15)/t11-/m0/s1. The van der Waals surface area contributed by atoms with Crippen molar-refractivity contribution < 1.29 is 4.79 Å². The number of carbonyl (C=O) groups excluding carboxylic acids is 1. The zero-order valence-electron chi connectivity index (χ0n) is 9.48. The Hall–Kier alpha value is -1.00. The lowest BCUT2D eigenvalue weighted by Gasteiger charge is -2.11. The molecular formula is C12H18N2OS. The molecule has 1 aromatic rings. The minimum absolute atomic E-state index is 0.108. The number of amides is 1. The minimum Gasteiger partial charge on any atom is -0.325 e. The van der Waals surface area contributed by atoms with Crippen LogP contribution in [0.3, 0.4) is 0 Å². The predicted octanol–water partition coefficient (Wildman–Crippen LogP) is 2.10. The van der Waals surface area contributed by atoms with Crippen molar-refractivity contribution in [2.75, 3.05) is 16.8 Å². The second kappa shape index (κ2) is 7.30. The van der Waals surface area contributed by atoms with Gasteiger partial charge in [0.05, 0.1) is 6.04 Å². The Labute approximate surface area is 101 Å². The molecule has 0 aliphatic carbocycles. The van der Waals surface area contributed by atoms with Gasteiger partial charge in [-0.15, -0.1) is 0 Å². The fraction of sp³-hybridized carbons (Fsp3) is 0.417. The van der Waals surface area contributed by atoms with Gasteiger partial charge in [0.1, 0.15) is 0 Å². The van der Waals surface area contributed by atoms with Crippen molar-refractivity contribution in [3.63, 3.8) is 0 Å². The Morgan fingerprint density at radius 2 is 2.12 bits per heavy atom. The van der Waals surface area contributed by atoms with E-state index in [0.29, 0.717) is 0 Å². The number of nitrogens with one attached hydrogen (secondary N) is 1. The first-order valence-electron chi connectivity index (χ1n) is 5.43. The van der Waals surface area contributed by atoms with Crippen molar-refractivity contribution >= 4 is 23.4 Å². The first-order valence-corrected chi connectivity index (χ1v) is 6.58. The lowest BCUT2D eigenvalue weighted by molar-refractivity contribution is -0.117. The smallest absolute Gasteiger partial charge is 0.241 e. The van der Waals surface area contributed by atoms with Crippen molar-refractivity contribution in [2.45, 2.75) is 19.4 Å². The molecule has 88 valence electrons. The maximum absolute atomic E-state index is 11.7. The van der Waals surface area contributed by atoms with E-state index >= 15 is 0 Å². The maximum Gasteiger partial charge on any atom is 0.241 e. The molecule has 4 heteroatoms. The summed E-state index contributed by atoms with van der Waals surface area (Å²) in [6.45, 7) is 2.10. The van der Waals surface area contributed by atoms with Gasteiger partial charge < -0.3 is 11.1 Å². The van der Waals surface area contributed by atoms with E-state index < -0.39 is 6.04 Å². The monoisotopic (exact) mass is 238 g/mol. The van der Waals surface area contributed by atoms with E-state index in [0.717, 1.165) is 23.6 Å². The van der Waals surface area contributed by atoms with Crippen LogP contribution in [0, 0.1) is 0 Å². The third kappa shape index (κ3) is 4.68. The van der Waals surface area contributed by atoms with Crippen LogP contribution in [0.2, 0.25) is 0 Å². The number of carbonyl (C=O) groups is 1. The third-order valence-electron chi connectivity index (χ3n) is 2.16. The molecule has 0 bridgehead atoms. The van der Waals surface area contributed by atoms with Crippen LogP contribution in [-0.2, 0) is 4.79 Å². The number of hydrogen-bond acceptors (Lipinski definition) is 3. The van der Waals surface area contributed by atoms with Crippen LogP contribution in [0.15, 0.2) is 30.3 Å². The highest BCUT2D eigenvalue weighted by Crippen LogP contribution is 2.07. The van der Waals surface area contributed by atoms with Gasteiger partial charge in [-0.3, -0.25) is 4.79 Å². The molecule has 3 N–H and O–H groups in total. The summed E-state index contributed by atoms with van der Waals surface area (Å²) < 4.78 is 0. The average molecular weight is 238 g/mol. The largest absolute Gasteiger partial charge is 0.325 e. The normalized spacial score (nSPS) is 12.1. The van der Waals surface area contributed by atoms with Crippen LogP contribution in [0.5, 0.6) is 0 Å². The molecule has 1 amide bonds. The van der Waals surface area contributed by atoms with E-state index in [-0.39, 0.29) is 5.91 Å². The summed E-state index contributed by atoms with van der Waals surface area (Å²) in [4.78, 5) is 11.7. The molecule has 0 spiro atoms. The van der Waals surface area contributed by atoms with Crippen molar-refractivity contribution in [3.8, 4) is 0 Å². The van der Waals surface area contributed by atoms with Gasteiger partial charge in [-0.2, -0.15) is 11.8 Å². The van der Waals surface area contributed by atoms with E-state index in [2.05, 4.69) is 12.2 Å². The fourth-order valence-corrected chi connectivity index (χ4v) is 1.95. The first kappa shape index (κ1) is 13.1. The SMILES string of the molecule is CCSCC[C@H](N)C(=O)Nc1ccccc1. The molecule has 0 fully saturated rings.